The van der Waals surface area contributed by atoms with Gasteiger partial charge in [0.2, 0.25) is 5.91 Å². The van der Waals surface area contributed by atoms with E-state index in [0.717, 1.165) is 0 Å². The summed E-state index contributed by atoms with van der Waals surface area (Å²) in [7, 11) is 0. The first kappa shape index (κ1) is 12.6. The van der Waals surface area contributed by atoms with Crippen molar-refractivity contribution in [2.24, 2.45) is 5.73 Å². The molecular weight excluding hydrogens is 250 g/mol. The van der Waals surface area contributed by atoms with Crippen LogP contribution in [0.15, 0.2) is 40.8 Å². The second-order valence-corrected chi connectivity index (χ2v) is 3.80. The van der Waals surface area contributed by atoms with Gasteiger partial charge in [0.05, 0.1) is 12.6 Å². The molecule has 2 rings (SSSR count). The van der Waals surface area contributed by atoms with Crippen molar-refractivity contribution in [1.29, 1.82) is 0 Å². The number of anilines is 1. The number of hydrogen-bond donors (Lipinski definition) is 2. The Morgan fingerprint density at radius 3 is 2.79 bits per heavy atom. The van der Waals surface area contributed by atoms with Crippen molar-refractivity contribution in [2.45, 2.75) is 6.54 Å². The minimum absolute atomic E-state index is 0.274. The average molecular weight is 261 g/mol. The van der Waals surface area contributed by atoms with Crippen LogP contribution < -0.4 is 11.1 Å². The van der Waals surface area contributed by atoms with E-state index < -0.39 is 10.8 Å². The van der Waals surface area contributed by atoms with Crippen molar-refractivity contribution in [3.8, 4) is 0 Å². The van der Waals surface area contributed by atoms with Gasteiger partial charge in [-0.3, -0.25) is 14.9 Å². The Balaban J connectivity index is 2.03. The smallest absolute Gasteiger partial charge is 0.404 e. The average Bonchev–Trinajstić information content (AvgIpc) is 2.85. The lowest BCUT2D eigenvalue weighted by Crippen LogP contribution is -2.11. The second kappa shape index (κ2) is 5.21. The topological polar surface area (TPSA) is 111 Å². The molecule has 19 heavy (non-hydrogen) atoms. The number of nitrogens with two attached hydrogens (primary N) is 1. The summed E-state index contributed by atoms with van der Waals surface area (Å²) in [5, 5.41) is 13.4. The Bertz CT molecular complexity index is 621. The first-order valence-electron chi connectivity index (χ1n) is 5.43. The summed E-state index contributed by atoms with van der Waals surface area (Å²) in [4.78, 5) is 20.9. The van der Waals surface area contributed by atoms with Gasteiger partial charge in [0, 0.05) is 11.3 Å². The van der Waals surface area contributed by atoms with Crippen LogP contribution in [-0.2, 0) is 6.54 Å². The standard InChI is InChI=1S/C12H11N3O4/c13-12(16)8-2-1-3-9(6-8)14-7-10-4-5-11(19-10)15(17)18/h1-6,14H,7H2,(H2,13,16). The SMILES string of the molecule is NC(=O)c1cccc(NCc2ccc([N+](=O)[O-])o2)c1. The van der Waals surface area contributed by atoms with Gasteiger partial charge in [0.1, 0.15) is 10.7 Å². The summed E-state index contributed by atoms with van der Waals surface area (Å²) in [5.41, 5.74) is 6.23. The molecule has 0 saturated heterocycles. The van der Waals surface area contributed by atoms with E-state index in [1.165, 1.54) is 12.1 Å². The molecule has 1 aromatic carbocycles. The van der Waals surface area contributed by atoms with Crippen LogP contribution in [0, 0.1) is 10.1 Å². The van der Waals surface area contributed by atoms with Gasteiger partial charge in [-0.25, -0.2) is 0 Å². The van der Waals surface area contributed by atoms with Gasteiger partial charge in [0.25, 0.3) is 0 Å². The summed E-state index contributed by atoms with van der Waals surface area (Å²) in [6.07, 6.45) is 0. The van der Waals surface area contributed by atoms with Crippen LogP contribution >= 0.6 is 0 Å². The Kier molecular flexibility index (Phi) is 3.46. The number of nitrogens with one attached hydrogen (secondary N) is 1. The highest BCUT2D eigenvalue weighted by molar-refractivity contribution is 5.93. The minimum Gasteiger partial charge on any atom is -0.404 e. The molecule has 0 aliphatic carbocycles. The fraction of sp³-hybridized carbons (Fsp3) is 0.0833. The van der Waals surface area contributed by atoms with Crippen molar-refractivity contribution >= 4 is 17.5 Å². The third-order valence-corrected chi connectivity index (χ3v) is 2.44. The molecule has 0 unspecified atom stereocenters. The molecular formula is C12H11N3O4. The number of furan rings is 1. The first-order chi connectivity index (χ1) is 9.06. The Hall–Kier alpha value is -2.83. The van der Waals surface area contributed by atoms with Gasteiger partial charge in [0.15, 0.2) is 0 Å². The minimum atomic E-state index is -0.600. The number of nitrogens with zero attached hydrogens (tertiary/aromatic N) is 1. The van der Waals surface area contributed by atoms with Crippen LogP contribution in [0.3, 0.4) is 0 Å². The quantitative estimate of drug-likeness (QED) is 0.630. The van der Waals surface area contributed by atoms with Crippen LogP contribution in [-0.4, -0.2) is 10.8 Å². The molecule has 0 atom stereocenters. The molecule has 7 nitrogen and oxygen atoms in total. The molecule has 1 amide bonds. The molecule has 7 heteroatoms. The fourth-order valence-corrected chi connectivity index (χ4v) is 1.53. The van der Waals surface area contributed by atoms with Crippen LogP contribution in [0.4, 0.5) is 11.6 Å². The van der Waals surface area contributed by atoms with E-state index >= 15 is 0 Å². The lowest BCUT2D eigenvalue weighted by molar-refractivity contribution is -0.402. The second-order valence-electron chi connectivity index (χ2n) is 3.80. The van der Waals surface area contributed by atoms with E-state index in [0.29, 0.717) is 17.0 Å². The molecule has 1 heterocycles. The highest BCUT2D eigenvalue weighted by Gasteiger charge is 2.11. The summed E-state index contributed by atoms with van der Waals surface area (Å²) < 4.78 is 4.99. The van der Waals surface area contributed by atoms with E-state index in [4.69, 9.17) is 10.2 Å². The highest BCUT2D eigenvalue weighted by atomic mass is 16.6. The fourth-order valence-electron chi connectivity index (χ4n) is 1.53. The van der Waals surface area contributed by atoms with E-state index in [-0.39, 0.29) is 12.4 Å². The summed E-state index contributed by atoms with van der Waals surface area (Å²) >= 11 is 0. The van der Waals surface area contributed by atoms with Crippen molar-refractivity contribution < 1.29 is 14.1 Å². The normalized spacial score (nSPS) is 10.1. The zero-order chi connectivity index (χ0) is 13.8. The Morgan fingerprint density at radius 2 is 2.16 bits per heavy atom. The number of amides is 1. The van der Waals surface area contributed by atoms with Gasteiger partial charge >= 0.3 is 5.88 Å². The molecule has 98 valence electrons. The van der Waals surface area contributed by atoms with Crippen molar-refractivity contribution in [1.82, 2.24) is 0 Å². The van der Waals surface area contributed by atoms with Crippen LogP contribution in [0.1, 0.15) is 16.1 Å². The number of carbonyl (C=O) groups is 1. The van der Waals surface area contributed by atoms with Gasteiger partial charge in [-0.15, -0.1) is 0 Å². The van der Waals surface area contributed by atoms with E-state index in [1.54, 1.807) is 24.3 Å². The van der Waals surface area contributed by atoms with E-state index in [9.17, 15) is 14.9 Å². The molecule has 0 aliphatic rings. The number of primary amides is 1. The van der Waals surface area contributed by atoms with Crippen LogP contribution in [0.25, 0.3) is 0 Å². The Morgan fingerprint density at radius 1 is 1.37 bits per heavy atom. The molecule has 2 aromatic rings. The third-order valence-electron chi connectivity index (χ3n) is 2.44. The Labute approximate surface area is 108 Å². The van der Waals surface area contributed by atoms with Gasteiger partial charge in [-0.2, -0.15) is 0 Å². The summed E-state index contributed by atoms with van der Waals surface area (Å²) in [5.74, 6) is -0.392. The van der Waals surface area contributed by atoms with Gasteiger partial charge in [-0.05, 0) is 24.3 Å². The molecule has 0 fully saturated rings. The molecule has 0 bridgehead atoms. The molecule has 0 aliphatic heterocycles. The first-order valence-corrected chi connectivity index (χ1v) is 5.43. The molecule has 0 spiro atoms. The van der Waals surface area contributed by atoms with Gasteiger partial charge < -0.3 is 15.5 Å². The van der Waals surface area contributed by atoms with Crippen molar-refractivity contribution in [2.75, 3.05) is 5.32 Å². The lowest BCUT2D eigenvalue weighted by Gasteiger charge is -2.05. The summed E-state index contributed by atoms with van der Waals surface area (Å²) in [6.45, 7) is 0.274. The molecule has 0 radical (unpaired) electrons. The van der Waals surface area contributed by atoms with Crippen molar-refractivity contribution in [3.63, 3.8) is 0 Å². The highest BCUT2D eigenvalue weighted by Crippen LogP contribution is 2.17. The predicted molar refractivity (Wildman–Crippen MR) is 67.6 cm³/mol. The number of benzene rings is 1. The van der Waals surface area contributed by atoms with Crippen LogP contribution in [0.5, 0.6) is 0 Å². The monoisotopic (exact) mass is 261 g/mol. The zero-order valence-corrected chi connectivity index (χ0v) is 9.83. The largest absolute Gasteiger partial charge is 0.433 e. The lowest BCUT2D eigenvalue weighted by atomic mass is 10.2. The number of carbonyl (C=O) groups excluding carboxylic acids is 1. The van der Waals surface area contributed by atoms with E-state index in [2.05, 4.69) is 5.32 Å². The maximum Gasteiger partial charge on any atom is 0.433 e. The van der Waals surface area contributed by atoms with Gasteiger partial charge in [-0.1, -0.05) is 6.07 Å². The van der Waals surface area contributed by atoms with Crippen molar-refractivity contribution in [3.05, 3.63) is 57.8 Å². The molecule has 0 saturated carbocycles. The van der Waals surface area contributed by atoms with Crippen LogP contribution in [0.2, 0.25) is 0 Å². The maximum atomic E-state index is 11.0. The van der Waals surface area contributed by atoms with E-state index in [1.807, 2.05) is 0 Å². The molecule has 3 N–H and O–H groups in total. The summed E-state index contributed by atoms with van der Waals surface area (Å²) in [6, 6.07) is 9.45. The predicted octanol–water partition coefficient (Wildman–Crippen LogP) is 1.90. The number of nitro groups is 1. The number of hydrogen-bond acceptors (Lipinski definition) is 5. The third kappa shape index (κ3) is 3.09. The zero-order valence-electron chi connectivity index (χ0n) is 9.83. The maximum absolute atomic E-state index is 11.0. The number of rotatable bonds is 5. The molecule has 1 aromatic heterocycles.